The van der Waals surface area contributed by atoms with E-state index < -0.39 is 5.60 Å². The topological polar surface area (TPSA) is 69.2 Å². The molecule has 0 bridgehead atoms. The van der Waals surface area contributed by atoms with E-state index in [2.05, 4.69) is 9.97 Å². The molecular formula is C17H23N3O2. The number of hydrogen-bond acceptors (Lipinski definition) is 3. The lowest BCUT2D eigenvalue weighted by atomic mass is 9.86. The van der Waals surface area contributed by atoms with Crippen LogP contribution in [0.5, 0.6) is 0 Å². The lowest BCUT2D eigenvalue weighted by molar-refractivity contribution is 0.0355. The van der Waals surface area contributed by atoms with E-state index in [1.807, 2.05) is 43.0 Å². The Morgan fingerprint density at radius 2 is 2.05 bits per heavy atom. The van der Waals surface area contributed by atoms with Gasteiger partial charge in [-0.2, -0.15) is 0 Å². The van der Waals surface area contributed by atoms with Crippen molar-refractivity contribution < 1.29 is 9.90 Å². The summed E-state index contributed by atoms with van der Waals surface area (Å²) in [5, 5.41) is 9.91. The van der Waals surface area contributed by atoms with Crippen LogP contribution in [0.3, 0.4) is 0 Å². The van der Waals surface area contributed by atoms with Crippen LogP contribution < -0.4 is 0 Å². The molecule has 1 fully saturated rings. The fraction of sp³-hybridized carbons (Fsp3) is 0.529. The van der Waals surface area contributed by atoms with E-state index >= 15 is 0 Å². The minimum absolute atomic E-state index is 0.0297. The number of carbonyl (C=O) groups excluding carboxylic acids is 1. The summed E-state index contributed by atoms with van der Waals surface area (Å²) in [5.41, 5.74) is 1.08. The summed E-state index contributed by atoms with van der Waals surface area (Å²) in [5.74, 6) is 0.875. The molecule has 2 heterocycles. The summed E-state index contributed by atoms with van der Waals surface area (Å²) in [7, 11) is 0. The number of fused-ring (bicyclic) bond motifs is 1. The second-order valence-electron chi connectivity index (χ2n) is 6.85. The number of hydrogen-bond donors (Lipinski definition) is 2. The molecule has 0 aliphatic carbocycles. The molecule has 0 spiro atoms. The Hall–Kier alpha value is -1.88. The molecule has 1 aromatic carbocycles. The van der Waals surface area contributed by atoms with Crippen LogP contribution in [0.4, 0.5) is 0 Å². The van der Waals surface area contributed by atoms with Crippen LogP contribution in [0.15, 0.2) is 24.3 Å². The van der Waals surface area contributed by atoms with Crippen molar-refractivity contribution in [1.82, 2.24) is 14.9 Å². The fourth-order valence-electron chi connectivity index (χ4n) is 3.25. The van der Waals surface area contributed by atoms with E-state index in [0.29, 0.717) is 11.7 Å². The van der Waals surface area contributed by atoms with E-state index in [1.54, 1.807) is 0 Å². The first kappa shape index (κ1) is 15.0. The van der Waals surface area contributed by atoms with Gasteiger partial charge in [0.2, 0.25) is 0 Å². The van der Waals surface area contributed by atoms with Crippen molar-refractivity contribution in [3.63, 3.8) is 0 Å². The Kier molecular flexibility index (Phi) is 3.91. The largest absolute Gasteiger partial charge is 0.390 e. The molecule has 2 N–H and O–H groups in total. The van der Waals surface area contributed by atoms with E-state index in [9.17, 15) is 9.90 Å². The number of likely N-dealkylation sites (tertiary alicyclic amines) is 1. The average Bonchev–Trinajstić information content (AvgIpc) is 2.89. The van der Waals surface area contributed by atoms with Gasteiger partial charge in [-0.05, 0) is 51.2 Å². The van der Waals surface area contributed by atoms with Crippen molar-refractivity contribution >= 4 is 16.9 Å². The van der Waals surface area contributed by atoms with E-state index in [1.165, 1.54) is 0 Å². The van der Waals surface area contributed by atoms with Gasteiger partial charge in [-0.15, -0.1) is 0 Å². The first-order chi connectivity index (χ1) is 10.4. The summed E-state index contributed by atoms with van der Waals surface area (Å²) in [6.07, 6.45) is 2.67. The minimum Gasteiger partial charge on any atom is -0.390 e. The summed E-state index contributed by atoms with van der Waals surface area (Å²) in [6.45, 7) is 5.16. The molecule has 1 aliphatic rings. The molecule has 22 heavy (non-hydrogen) atoms. The standard InChI is InChI=1S/C17H23N3O2/c1-17(2,22)11-12-7-9-20(10-8-12)16(21)15-18-13-5-3-4-6-14(13)19-15/h3-6,12,22H,7-11H2,1-2H3,(H,18,19). The molecule has 1 amide bonds. The van der Waals surface area contributed by atoms with Crippen LogP contribution in [0, 0.1) is 5.92 Å². The maximum atomic E-state index is 12.5. The number of aromatic nitrogens is 2. The molecule has 1 saturated heterocycles. The van der Waals surface area contributed by atoms with Gasteiger partial charge >= 0.3 is 0 Å². The zero-order valence-corrected chi connectivity index (χ0v) is 13.2. The van der Waals surface area contributed by atoms with E-state index in [4.69, 9.17) is 0 Å². The van der Waals surface area contributed by atoms with Crippen molar-refractivity contribution in [2.45, 2.75) is 38.7 Å². The first-order valence-corrected chi connectivity index (χ1v) is 7.89. The number of aromatic amines is 1. The molecule has 0 saturated carbocycles. The lowest BCUT2D eigenvalue weighted by Gasteiger charge is -2.34. The number of nitrogens with one attached hydrogen (secondary N) is 1. The second kappa shape index (κ2) is 5.72. The maximum absolute atomic E-state index is 12.5. The van der Waals surface area contributed by atoms with Crippen molar-refractivity contribution in [1.29, 1.82) is 0 Å². The SMILES string of the molecule is CC(C)(O)CC1CCN(C(=O)c2nc3ccccc3[nH]2)CC1. The maximum Gasteiger partial charge on any atom is 0.289 e. The molecule has 118 valence electrons. The van der Waals surface area contributed by atoms with Gasteiger partial charge in [0.05, 0.1) is 16.6 Å². The van der Waals surface area contributed by atoms with Crippen LogP contribution in [-0.2, 0) is 0 Å². The highest BCUT2D eigenvalue weighted by Gasteiger charge is 2.28. The Balaban J connectivity index is 1.64. The van der Waals surface area contributed by atoms with Gasteiger partial charge in [-0.1, -0.05) is 12.1 Å². The first-order valence-electron chi connectivity index (χ1n) is 7.89. The minimum atomic E-state index is -0.629. The van der Waals surface area contributed by atoms with Crippen molar-refractivity contribution in [2.24, 2.45) is 5.92 Å². The zero-order valence-electron chi connectivity index (χ0n) is 13.2. The molecular weight excluding hydrogens is 278 g/mol. The van der Waals surface area contributed by atoms with Gasteiger partial charge in [-0.25, -0.2) is 4.98 Å². The quantitative estimate of drug-likeness (QED) is 0.915. The third kappa shape index (κ3) is 3.30. The molecule has 1 aromatic heterocycles. The van der Waals surface area contributed by atoms with Crippen LogP contribution >= 0.6 is 0 Å². The number of para-hydroxylation sites is 2. The number of rotatable bonds is 3. The number of H-pyrrole nitrogens is 1. The Bertz CT molecular complexity index is 631. The number of piperidine rings is 1. The number of amides is 1. The molecule has 5 heteroatoms. The number of benzene rings is 1. The summed E-state index contributed by atoms with van der Waals surface area (Å²) >= 11 is 0. The Labute approximate surface area is 130 Å². The summed E-state index contributed by atoms with van der Waals surface area (Å²) in [4.78, 5) is 21.9. The van der Waals surface area contributed by atoms with Gasteiger partial charge in [0.15, 0.2) is 5.82 Å². The van der Waals surface area contributed by atoms with E-state index in [0.717, 1.165) is 43.4 Å². The number of aliphatic hydroxyl groups is 1. The molecule has 5 nitrogen and oxygen atoms in total. The third-order valence-electron chi connectivity index (χ3n) is 4.28. The highest BCUT2D eigenvalue weighted by molar-refractivity contribution is 5.94. The smallest absolute Gasteiger partial charge is 0.289 e. The fourth-order valence-corrected chi connectivity index (χ4v) is 3.25. The monoisotopic (exact) mass is 301 g/mol. The zero-order chi connectivity index (χ0) is 15.7. The van der Waals surface area contributed by atoms with E-state index in [-0.39, 0.29) is 5.91 Å². The van der Waals surface area contributed by atoms with Gasteiger partial charge in [0, 0.05) is 13.1 Å². The average molecular weight is 301 g/mol. The van der Waals surface area contributed by atoms with Crippen molar-refractivity contribution in [2.75, 3.05) is 13.1 Å². The molecule has 0 atom stereocenters. The Morgan fingerprint density at radius 1 is 1.36 bits per heavy atom. The van der Waals surface area contributed by atoms with Gasteiger partial charge in [0.25, 0.3) is 5.91 Å². The van der Waals surface area contributed by atoms with Gasteiger partial charge in [-0.3, -0.25) is 4.79 Å². The van der Waals surface area contributed by atoms with Gasteiger partial charge in [0.1, 0.15) is 0 Å². The second-order valence-corrected chi connectivity index (χ2v) is 6.85. The van der Waals surface area contributed by atoms with Gasteiger partial charge < -0.3 is 15.0 Å². The normalized spacial score (nSPS) is 17.1. The predicted octanol–water partition coefficient (Wildman–Crippen LogP) is 2.58. The highest BCUT2D eigenvalue weighted by Crippen LogP contribution is 2.26. The number of carbonyl (C=O) groups is 1. The van der Waals surface area contributed by atoms with Crippen LogP contribution in [-0.4, -0.2) is 44.6 Å². The number of nitrogens with zero attached hydrogens (tertiary/aromatic N) is 2. The summed E-state index contributed by atoms with van der Waals surface area (Å²) in [6, 6.07) is 7.67. The molecule has 0 unspecified atom stereocenters. The summed E-state index contributed by atoms with van der Waals surface area (Å²) < 4.78 is 0. The van der Waals surface area contributed by atoms with Crippen LogP contribution in [0.25, 0.3) is 11.0 Å². The van der Waals surface area contributed by atoms with Crippen LogP contribution in [0.1, 0.15) is 43.7 Å². The number of imidazole rings is 1. The predicted molar refractivity (Wildman–Crippen MR) is 85.6 cm³/mol. The van der Waals surface area contributed by atoms with Crippen molar-refractivity contribution in [3.8, 4) is 0 Å². The van der Waals surface area contributed by atoms with Crippen LogP contribution in [0.2, 0.25) is 0 Å². The van der Waals surface area contributed by atoms with Crippen molar-refractivity contribution in [3.05, 3.63) is 30.1 Å². The molecule has 3 rings (SSSR count). The molecule has 0 radical (unpaired) electrons. The third-order valence-corrected chi connectivity index (χ3v) is 4.28. The lowest BCUT2D eigenvalue weighted by Crippen LogP contribution is -2.40. The molecule has 1 aliphatic heterocycles. The Morgan fingerprint density at radius 3 is 2.68 bits per heavy atom. The highest BCUT2D eigenvalue weighted by atomic mass is 16.3. The molecule has 2 aromatic rings.